The average Bonchev–Trinajstić information content (AvgIpc) is 2.29. The minimum atomic E-state index is 0.515. The van der Waals surface area contributed by atoms with E-state index in [0.717, 1.165) is 10.9 Å². The third-order valence-electron chi connectivity index (χ3n) is 3.42. The number of hydrogen-bond acceptors (Lipinski definition) is 2. The highest BCUT2D eigenvalue weighted by Crippen LogP contribution is 2.27. The molecule has 0 amide bonds. The lowest BCUT2D eigenvalue weighted by Crippen LogP contribution is -2.34. The topological polar surface area (TPSA) is 29.3 Å². The summed E-state index contributed by atoms with van der Waals surface area (Å²) < 4.78 is 1.12. The summed E-state index contributed by atoms with van der Waals surface area (Å²) in [7, 11) is 2.16. The molecule has 1 rings (SSSR count). The van der Waals surface area contributed by atoms with Crippen molar-refractivity contribution < 1.29 is 0 Å². The predicted molar refractivity (Wildman–Crippen MR) is 79.6 cm³/mol. The zero-order chi connectivity index (χ0) is 13.0. The van der Waals surface area contributed by atoms with Crippen molar-refractivity contribution in [2.24, 2.45) is 11.7 Å². The second kappa shape index (κ2) is 6.41. The summed E-state index contributed by atoms with van der Waals surface area (Å²) in [6, 6.07) is 6.95. The monoisotopic (exact) mass is 298 g/mol. The molecule has 0 radical (unpaired) electrons. The normalized spacial score (nSPS) is 12.9. The molecule has 0 aliphatic heterocycles. The highest BCUT2D eigenvalue weighted by atomic mass is 79.9. The standard InChI is InChI=1S/C14H23BrN2/c1-10(2)11(3)17(4)14-9-13(15)6-5-12(14)7-8-16/h5-6,9-11H,7-8,16H2,1-4H3. The first kappa shape index (κ1) is 14.5. The van der Waals surface area contributed by atoms with Crippen molar-refractivity contribution in [3.05, 3.63) is 28.2 Å². The minimum Gasteiger partial charge on any atom is -0.371 e. The molecule has 0 aliphatic carbocycles. The van der Waals surface area contributed by atoms with E-state index >= 15 is 0 Å². The van der Waals surface area contributed by atoms with E-state index in [1.807, 2.05) is 0 Å². The van der Waals surface area contributed by atoms with Crippen molar-refractivity contribution in [3.8, 4) is 0 Å². The summed E-state index contributed by atoms with van der Waals surface area (Å²) in [5.74, 6) is 0.629. The lowest BCUT2D eigenvalue weighted by Gasteiger charge is -2.32. The molecule has 0 heterocycles. The molecule has 1 atom stereocenters. The molecule has 0 saturated heterocycles. The zero-order valence-corrected chi connectivity index (χ0v) is 12.8. The van der Waals surface area contributed by atoms with Crippen LogP contribution < -0.4 is 10.6 Å². The molecule has 96 valence electrons. The van der Waals surface area contributed by atoms with Gasteiger partial charge in [-0.25, -0.2) is 0 Å². The lowest BCUT2D eigenvalue weighted by molar-refractivity contribution is 0.504. The van der Waals surface area contributed by atoms with Crippen LogP contribution in [0.1, 0.15) is 26.3 Å². The van der Waals surface area contributed by atoms with Gasteiger partial charge in [0.2, 0.25) is 0 Å². The molecule has 0 aromatic heterocycles. The molecule has 17 heavy (non-hydrogen) atoms. The van der Waals surface area contributed by atoms with Crippen molar-refractivity contribution in [1.82, 2.24) is 0 Å². The lowest BCUT2D eigenvalue weighted by atomic mass is 10.0. The second-order valence-electron chi connectivity index (χ2n) is 4.91. The van der Waals surface area contributed by atoms with E-state index in [2.05, 4.69) is 66.8 Å². The fourth-order valence-electron chi connectivity index (χ4n) is 1.90. The third-order valence-corrected chi connectivity index (χ3v) is 3.91. The Bertz CT molecular complexity index is 363. The van der Waals surface area contributed by atoms with Crippen LogP contribution in [0.2, 0.25) is 0 Å². The van der Waals surface area contributed by atoms with E-state index in [4.69, 9.17) is 5.73 Å². The Labute approximate surface area is 113 Å². The Kier molecular flexibility index (Phi) is 5.47. The largest absolute Gasteiger partial charge is 0.371 e. The van der Waals surface area contributed by atoms with E-state index in [9.17, 15) is 0 Å². The highest BCUT2D eigenvalue weighted by molar-refractivity contribution is 9.10. The molecule has 3 heteroatoms. The molecule has 0 bridgehead atoms. The summed E-state index contributed by atoms with van der Waals surface area (Å²) in [5, 5.41) is 0. The number of benzene rings is 1. The smallest absolute Gasteiger partial charge is 0.0410 e. The molecule has 1 aromatic rings. The third kappa shape index (κ3) is 3.71. The fraction of sp³-hybridized carbons (Fsp3) is 0.571. The van der Waals surface area contributed by atoms with E-state index in [-0.39, 0.29) is 0 Å². The summed E-state index contributed by atoms with van der Waals surface area (Å²) >= 11 is 3.54. The van der Waals surface area contributed by atoms with E-state index < -0.39 is 0 Å². The summed E-state index contributed by atoms with van der Waals surface area (Å²) in [4.78, 5) is 2.35. The number of nitrogens with two attached hydrogens (primary N) is 1. The van der Waals surface area contributed by atoms with Gasteiger partial charge in [-0.3, -0.25) is 0 Å². The number of anilines is 1. The Morgan fingerprint density at radius 3 is 2.47 bits per heavy atom. The SMILES string of the molecule is CC(C)C(C)N(C)c1cc(Br)ccc1CCN. The minimum absolute atomic E-state index is 0.515. The highest BCUT2D eigenvalue weighted by Gasteiger charge is 2.16. The summed E-state index contributed by atoms with van der Waals surface area (Å²) in [6.45, 7) is 7.46. The van der Waals surface area contributed by atoms with E-state index in [1.54, 1.807) is 0 Å². The van der Waals surface area contributed by atoms with Crippen LogP contribution in [0.5, 0.6) is 0 Å². The number of rotatable bonds is 5. The summed E-state index contributed by atoms with van der Waals surface area (Å²) in [5.41, 5.74) is 8.28. The first-order valence-electron chi connectivity index (χ1n) is 6.18. The molecule has 0 fully saturated rings. The van der Waals surface area contributed by atoms with Crippen molar-refractivity contribution in [2.45, 2.75) is 33.2 Å². The molecule has 1 unspecified atom stereocenters. The molecule has 0 spiro atoms. The molecule has 1 aromatic carbocycles. The molecule has 0 saturated carbocycles. The van der Waals surface area contributed by atoms with Gasteiger partial charge in [-0.05, 0) is 43.5 Å². The van der Waals surface area contributed by atoms with Gasteiger partial charge in [0.15, 0.2) is 0 Å². The maximum absolute atomic E-state index is 5.67. The van der Waals surface area contributed by atoms with Gasteiger partial charge < -0.3 is 10.6 Å². The van der Waals surface area contributed by atoms with Crippen molar-refractivity contribution >= 4 is 21.6 Å². The molecular formula is C14H23BrN2. The Morgan fingerprint density at radius 1 is 1.29 bits per heavy atom. The van der Waals surface area contributed by atoms with Crippen molar-refractivity contribution in [1.29, 1.82) is 0 Å². The van der Waals surface area contributed by atoms with Gasteiger partial charge in [0.1, 0.15) is 0 Å². The maximum atomic E-state index is 5.67. The molecule has 0 aliphatic rings. The van der Waals surface area contributed by atoms with Crippen LogP contribution >= 0.6 is 15.9 Å². The van der Waals surface area contributed by atoms with Crippen LogP contribution in [0, 0.1) is 5.92 Å². The zero-order valence-electron chi connectivity index (χ0n) is 11.2. The second-order valence-corrected chi connectivity index (χ2v) is 5.82. The van der Waals surface area contributed by atoms with Gasteiger partial charge in [-0.15, -0.1) is 0 Å². The van der Waals surface area contributed by atoms with Crippen molar-refractivity contribution in [2.75, 3.05) is 18.5 Å². The number of nitrogens with zero attached hydrogens (tertiary/aromatic N) is 1. The van der Waals surface area contributed by atoms with E-state index in [0.29, 0.717) is 18.5 Å². The summed E-state index contributed by atoms with van der Waals surface area (Å²) in [6.07, 6.45) is 0.928. The molecule has 2 N–H and O–H groups in total. The number of hydrogen-bond donors (Lipinski definition) is 1. The quantitative estimate of drug-likeness (QED) is 0.902. The van der Waals surface area contributed by atoms with Gasteiger partial charge in [0, 0.05) is 23.2 Å². The van der Waals surface area contributed by atoms with Crippen LogP contribution in [0.15, 0.2) is 22.7 Å². The predicted octanol–water partition coefficient (Wildman–Crippen LogP) is 3.43. The van der Waals surface area contributed by atoms with Crippen LogP contribution in [0.25, 0.3) is 0 Å². The van der Waals surface area contributed by atoms with Gasteiger partial charge in [0.05, 0.1) is 0 Å². The van der Waals surface area contributed by atoms with Crippen LogP contribution in [-0.2, 0) is 6.42 Å². The molecular weight excluding hydrogens is 276 g/mol. The Balaban J connectivity index is 3.05. The van der Waals surface area contributed by atoms with Crippen LogP contribution in [0.4, 0.5) is 5.69 Å². The van der Waals surface area contributed by atoms with Gasteiger partial charge in [0.25, 0.3) is 0 Å². The maximum Gasteiger partial charge on any atom is 0.0410 e. The van der Waals surface area contributed by atoms with Gasteiger partial charge in [-0.2, -0.15) is 0 Å². The van der Waals surface area contributed by atoms with Crippen LogP contribution in [0.3, 0.4) is 0 Å². The number of halogens is 1. The van der Waals surface area contributed by atoms with Crippen LogP contribution in [-0.4, -0.2) is 19.6 Å². The average molecular weight is 299 g/mol. The van der Waals surface area contributed by atoms with E-state index in [1.165, 1.54) is 11.3 Å². The molecule has 2 nitrogen and oxygen atoms in total. The van der Waals surface area contributed by atoms with Crippen molar-refractivity contribution in [3.63, 3.8) is 0 Å². The first-order valence-corrected chi connectivity index (χ1v) is 6.98. The fourth-order valence-corrected chi connectivity index (χ4v) is 2.25. The van der Waals surface area contributed by atoms with Gasteiger partial charge in [-0.1, -0.05) is 35.8 Å². The Hall–Kier alpha value is -0.540. The first-order chi connectivity index (χ1) is 7.97. The van der Waals surface area contributed by atoms with Gasteiger partial charge >= 0.3 is 0 Å². The Morgan fingerprint density at radius 2 is 1.94 bits per heavy atom.